The van der Waals surface area contributed by atoms with Crippen molar-refractivity contribution < 1.29 is 24.2 Å². The molecular formula is C26H21NO5S2. The number of ether oxygens (including phenoxy) is 2. The zero-order valence-electron chi connectivity index (χ0n) is 18.0. The second kappa shape index (κ2) is 11.0. The Morgan fingerprint density at radius 1 is 0.941 bits per heavy atom. The molecule has 1 heterocycles. The number of carboxylic acids is 1. The van der Waals surface area contributed by atoms with Gasteiger partial charge in [0.25, 0.3) is 5.91 Å². The molecule has 3 aromatic rings. The molecule has 1 N–H and O–H groups in total. The van der Waals surface area contributed by atoms with E-state index in [2.05, 4.69) is 0 Å². The van der Waals surface area contributed by atoms with Gasteiger partial charge in [-0.25, -0.2) is 0 Å². The third-order valence-electron chi connectivity index (χ3n) is 4.92. The van der Waals surface area contributed by atoms with Crippen LogP contribution in [0.5, 0.6) is 11.5 Å². The van der Waals surface area contributed by atoms with Crippen molar-refractivity contribution in [1.29, 1.82) is 0 Å². The molecule has 0 aromatic heterocycles. The lowest BCUT2D eigenvalue weighted by atomic mass is 10.1. The minimum Gasteiger partial charge on any atom is -0.489 e. The quantitative estimate of drug-likeness (QED) is 0.328. The third-order valence-corrected chi connectivity index (χ3v) is 6.30. The summed E-state index contributed by atoms with van der Waals surface area (Å²) in [5.41, 5.74) is 2.70. The summed E-state index contributed by atoms with van der Waals surface area (Å²) in [6.45, 7) is 0.279. The summed E-state index contributed by atoms with van der Waals surface area (Å²) >= 11 is 6.26. The van der Waals surface area contributed by atoms with Crippen molar-refractivity contribution in [2.24, 2.45) is 0 Å². The molecule has 0 bridgehead atoms. The summed E-state index contributed by atoms with van der Waals surface area (Å²) in [5.74, 6) is -0.388. The molecule has 6 nitrogen and oxygen atoms in total. The number of rotatable bonds is 9. The molecule has 4 rings (SSSR count). The molecule has 1 aliphatic heterocycles. The number of carboxylic acid groups (broad SMARTS) is 1. The predicted octanol–water partition coefficient (Wildman–Crippen LogP) is 5.13. The fourth-order valence-electron chi connectivity index (χ4n) is 3.24. The minimum atomic E-state index is -1.12. The molecule has 0 atom stereocenters. The van der Waals surface area contributed by atoms with Crippen LogP contribution in [0.4, 0.5) is 0 Å². The summed E-state index contributed by atoms with van der Waals surface area (Å²) in [6, 6.07) is 25.0. The van der Waals surface area contributed by atoms with Gasteiger partial charge >= 0.3 is 5.97 Å². The summed E-state index contributed by atoms with van der Waals surface area (Å²) in [6.07, 6.45) is 1.67. The molecule has 1 aliphatic rings. The number of nitrogens with zero attached hydrogens (tertiary/aromatic N) is 1. The molecule has 1 amide bonds. The fourth-order valence-corrected chi connectivity index (χ4v) is 4.48. The Kier molecular flexibility index (Phi) is 7.61. The van der Waals surface area contributed by atoms with Gasteiger partial charge < -0.3 is 14.6 Å². The van der Waals surface area contributed by atoms with Gasteiger partial charge in [-0.05, 0) is 29.3 Å². The summed E-state index contributed by atoms with van der Waals surface area (Å²) in [7, 11) is 0. The van der Waals surface area contributed by atoms with E-state index in [1.807, 2.05) is 72.8 Å². The van der Waals surface area contributed by atoms with Gasteiger partial charge in [-0.15, -0.1) is 0 Å². The molecule has 3 aromatic carbocycles. The van der Waals surface area contributed by atoms with Gasteiger partial charge in [0, 0.05) is 11.6 Å². The van der Waals surface area contributed by atoms with E-state index < -0.39 is 18.4 Å². The van der Waals surface area contributed by atoms with Gasteiger partial charge in [-0.3, -0.25) is 14.5 Å². The highest BCUT2D eigenvalue weighted by Crippen LogP contribution is 2.35. The van der Waals surface area contributed by atoms with E-state index in [9.17, 15) is 9.59 Å². The molecule has 1 fully saturated rings. The van der Waals surface area contributed by atoms with Gasteiger partial charge in [-0.2, -0.15) is 0 Å². The van der Waals surface area contributed by atoms with E-state index in [1.165, 1.54) is 0 Å². The van der Waals surface area contributed by atoms with E-state index >= 15 is 0 Å². The van der Waals surface area contributed by atoms with E-state index in [-0.39, 0.29) is 4.32 Å². The number of carbonyl (C=O) groups is 2. The predicted molar refractivity (Wildman–Crippen MR) is 136 cm³/mol. The molecule has 1 saturated heterocycles. The minimum absolute atomic E-state index is 0.216. The Labute approximate surface area is 206 Å². The first kappa shape index (κ1) is 23.5. The number of aliphatic carboxylic acids is 1. The Morgan fingerprint density at radius 2 is 1.56 bits per heavy atom. The molecule has 0 radical (unpaired) electrons. The first-order chi connectivity index (χ1) is 16.5. The van der Waals surface area contributed by atoms with Crippen molar-refractivity contribution in [2.45, 2.75) is 13.2 Å². The lowest BCUT2D eigenvalue weighted by Crippen LogP contribution is -2.33. The second-order valence-electron chi connectivity index (χ2n) is 7.41. The van der Waals surface area contributed by atoms with Crippen LogP contribution in [0.2, 0.25) is 0 Å². The first-order valence-electron chi connectivity index (χ1n) is 10.4. The number of carbonyl (C=O) groups excluding carboxylic acids is 1. The summed E-state index contributed by atoms with van der Waals surface area (Å²) in [4.78, 5) is 25.2. The third kappa shape index (κ3) is 6.03. The standard InChI is InChI=1S/C26H21NO5S2/c28-24(29)15-27-25(30)23(34-26(27)33)13-20-11-12-21(31-16-18-7-3-1-4-8-18)14-22(20)32-17-19-9-5-2-6-10-19/h1-14H,15-17H2,(H,28,29). The van der Waals surface area contributed by atoms with Crippen molar-refractivity contribution in [2.75, 3.05) is 6.54 Å². The zero-order valence-corrected chi connectivity index (χ0v) is 19.7. The highest BCUT2D eigenvalue weighted by Gasteiger charge is 2.33. The van der Waals surface area contributed by atoms with E-state index in [0.29, 0.717) is 35.2 Å². The van der Waals surface area contributed by atoms with E-state index in [4.69, 9.17) is 26.8 Å². The van der Waals surface area contributed by atoms with Crippen LogP contribution < -0.4 is 9.47 Å². The molecular weight excluding hydrogens is 470 g/mol. The van der Waals surface area contributed by atoms with E-state index in [1.54, 1.807) is 12.1 Å². The van der Waals surface area contributed by atoms with Gasteiger partial charge in [0.15, 0.2) is 0 Å². The number of thiocarbonyl (C=S) groups is 1. The number of benzene rings is 3. The lowest BCUT2D eigenvalue weighted by Gasteiger charge is -2.13. The first-order valence-corrected chi connectivity index (χ1v) is 11.7. The molecule has 8 heteroatoms. The lowest BCUT2D eigenvalue weighted by molar-refractivity contribution is -0.140. The van der Waals surface area contributed by atoms with Crippen LogP contribution in [0.15, 0.2) is 83.8 Å². The number of hydrogen-bond acceptors (Lipinski definition) is 6. The maximum Gasteiger partial charge on any atom is 0.323 e. The fraction of sp³-hybridized carbons (Fsp3) is 0.115. The number of amides is 1. The van der Waals surface area contributed by atoms with Gasteiger partial charge in [0.1, 0.15) is 35.6 Å². The molecule has 34 heavy (non-hydrogen) atoms. The monoisotopic (exact) mass is 491 g/mol. The van der Waals surface area contributed by atoms with E-state index in [0.717, 1.165) is 27.8 Å². The number of thioether (sulfide) groups is 1. The van der Waals surface area contributed by atoms with Gasteiger partial charge in [0.2, 0.25) is 0 Å². The highest BCUT2D eigenvalue weighted by atomic mass is 32.2. The maximum atomic E-state index is 12.7. The molecule has 172 valence electrons. The maximum absolute atomic E-state index is 12.7. The van der Waals surface area contributed by atoms with Crippen LogP contribution in [-0.4, -0.2) is 32.7 Å². The van der Waals surface area contributed by atoms with Crippen molar-refractivity contribution in [3.05, 3.63) is 100 Å². The van der Waals surface area contributed by atoms with Crippen LogP contribution >= 0.6 is 24.0 Å². The van der Waals surface area contributed by atoms with Crippen molar-refractivity contribution >= 4 is 46.3 Å². The molecule has 0 unspecified atom stereocenters. The Hall–Kier alpha value is -3.62. The Balaban J connectivity index is 1.58. The Bertz CT molecular complexity index is 1230. The largest absolute Gasteiger partial charge is 0.489 e. The number of hydrogen-bond donors (Lipinski definition) is 1. The SMILES string of the molecule is O=C(O)CN1C(=O)C(=Cc2ccc(OCc3ccccc3)cc2OCc2ccccc2)SC1=S. The summed E-state index contributed by atoms with van der Waals surface area (Å²) in [5, 5.41) is 9.06. The second-order valence-corrected chi connectivity index (χ2v) is 9.09. The summed E-state index contributed by atoms with van der Waals surface area (Å²) < 4.78 is 12.3. The van der Waals surface area contributed by atoms with Crippen LogP contribution in [-0.2, 0) is 22.8 Å². The van der Waals surface area contributed by atoms with Gasteiger partial charge in [0.05, 0.1) is 4.91 Å². The average Bonchev–Trinajstić information content (AvgIpc) is 3.10. The van der Waals surface area contributed by atoms with Gasteiger partial charge in [-0.1, -0.05) is 84.6 Å². The normalized spacial score (nSPS) is 14.5. The van der Waals surface area contributed by atoms with Crippen LogP contribution in [0, 0.1) is 0 Å². The van der Waals surface area contributed by atoms with Crippen LogP contribution in [0.1, 0.15) is 16.7 Å². The molecule has 0 saturated carbocycles. The zero-order chi connectivity index (χ0) is 23.9. The smallest absolute Gasteiger partial charge is 0.323 e. The Morgan fingerprint density at radius 3 is 2.18 bits per heavy atom. The topological polar surface area (TPSA) is 76.1 Å². The molecule has 0 spiro atoms. The van der Waals surface area contributed by atoms with Crippen molar-refractivity contribution in [3.8, 4) is 11.5 Å². The van der Waals surface area contributed by atoms with Crippen molar-refractivity contribution in [3.63, 3.8) is 0 Å². The highest BCUT2D eigenvalue weighted by molar-refractivity contribution is 8.26. The van der Waals surface area contributed by atoms with Crippen LogP contribution in [0.3, 0.4) is 0 Å². The molecule has 0 aliphatic carbocycles. The average molecular weight is 492 g/mol. The van der Waals surface area contributed by atoms with Crippen molar-refractivity contribution in [1.82, 2.24) is 4.90 Å². The van der Waals surface area contributed by atoms with Crippen LogP contribution in [0.25, 0.3) is 6.08 Å².